The van der Waals surface area contributed by atoms with Crippen LogP contribution in [0.25, 0.3) is 0 Å². The Labute approximate surface area is 254 Å². The molecule has 2 unspecified atom stereocenters. The summed E-state index contributed by atoms with van der Waals surface area (Å²) in [5.74, 6) is 1.20. The lowest BCUT2D eigenvalue weighted by molar-refractivity contribution is -0.191. The molecule has 2 aromatic rings. The lowest BCUT2D eigenvalue weighted by atomic mass is 9.59. The number of methoxy groups -OCH3 is 1. The first-order chi connectivity index (χ1) is 19.7. The van der Waals surface area contributed by atoms with E-state index in [0.29, 0.717) is 18.4 Å². The second-order valence-electron chi connectivity index (χ2n) is 11.5. The Bertz CT molecular complexity index is 1120. The molecular formula is C37H50O5. The predicted octanol–water partition coefficient (Wildman–Crippen LogP) is 8.73. The van der Waals surface area contributed by atoms with Crippen molar-refractivity contribution in [3.63, 3.8) is 0 Å². The Morgan fingerprint density at radius 3 is 1.52 bits per heavy atom. The van der Waals surface area contributed by atoms with E-state index in [1.807, 2.05) is 24.3 Å². The highest BCUT2D eigenvalue weighted by Crippen LogP contribution is 2.51. The molecule has 2 fully saturated rings. The molecule has 5 heteroatoms. The SMILES string of the molecule is C.CCC=C=C1CC(COCc2ccccc2)C1(C)C.COC=C=C1CC(COCc2ccccc2)C1(C)C.O=C=O. The van der Waals surface area contributed by atoms with Crippen molar-refractivity contribution in [2.75, 3.05) is 20.3 Å². The lowest BCUT2D eigenvalue weighted by Crippen LogP contribution is -2.40. The maximum absolute atomic E-state index is 8.12. The van der Waals surface area contributed by atoms with E-state index in [9.17, 15) is 0 Å². The van der Waals surface area contributed by atoms with Crippen LogP contribution in [0.5, 0.6) is 0 Å². The Kier molecular flexibility index (Phi) is 16.5. The standard InChI is InChI=1S/C18H24O.C17H22O2.CO2.CH4/c1-4-5-11-16-12-17(18(16,2)3)14-19-13-15-9-7-6-8-10-15;1-17(2)15(9-10-18-3)11-16(17)13-19-12-14-7-5-4-6-8-14;2-1-3;/h5-10,17H,4,12-14H2,1-3H3;4-8,10,16H,11-13H2,1-3H3;;1H4. The zero-order chi connectivity index (χ0) is 30.1. The fraction of sp³-hybridized carbons (Fsp3) is 0.486. The van der Waals surface area contributed by atoms with Crippen molar-refractivity contribution in [2.45, 2.75) is 74.5 Å². The van der Waals surface area contributed by atoms with Gasteiger partial charge in [0.1, 0.15) is 6.26 Å². The lowest BCUT2D eigenvalue weighted by Gasteiger charge is -2.46. The number of hydrogen-bond acceptors (Lipinski definition) is 5. The van der Waals surface area contributed by atoms with Gasteiger partial charge in [-0.25, -0.2) is 0 Å². The summed E-state index contributed by atoms with van der Waals surface area (Å²) < 4.78 is 16.6. The van der Waals surface area contributed by atoms with E-state index in [1.54, 1.807) is 13.4 Å². The number of hydrogen-bond donors (Lipinski definition) is 0. The zero-order valence-electron chi connectivity index (χ0n) is 25.6. The quantitative estimate of drug-likeness (QED) is 0.210. The van der Waals surface area contributed by atoms with Crippen LogP contribution in [0.2, 0.25) is 0 Å². The third-order valence-electron chi connectivity index (χ3n) is 8.19. The number of ether oxygens (including phenoxy) is 3. The molecule has 0 spiro atoms. The van der Waals surface area contributed by atoms with Crippen molar-refractivity contribution < 1.29 is 23.8 Å². The van der Waals surface area contributed by atoms with Crippen LogP contribution in [0.4, 0.5) is 0 Å². The highest BCUT2D eigenvalue weighted by Gasteiger charge is 2.44. The Morgan fingerprint density at radius 1 is 0.762 bits per heavy atom. The highest BCUT2D eigenvalue weighted by molar-refractivity contribution is 5.24. The smallest absolute Gasteiger partial charge is 0.373 e. The summed E-state index contributed by atoms with van der Waals surface area (Å²) >= 11 is 0. The van der Waals surface area contributed by atoms with Gasteiger partial charge in [0, 0.05) is 0 Å². The average Bonchev–Trinajstić information content (AvgIpc) is 2.97. The van der Waals surface area contributed by atoms with Crippen LogP contribution in [0, 0.1) is 22.7 Å². The van der Waals surface area contributed by atoms with Crippen molar-refractivity contribution in [1.82, 2.24) is 0 Å². The summed E-state index contributed by atoms with van der Waals surface area (Å²) in [6.07, 6.45) is 7.28. The summed E-state index contributed by atoms with van der Waals surface area (Å²) in [5.41, 5.74) is 12.3. The summed E-state index contributed by atoms with van der Waals surface area (Å²) in [7, 11) is 1.65. The fourth-order valence-electron chi connectivity index (χ4n) is 4.93. The van der Waals surface area contributed by atoms with Gasteiger partial charge in [-0.3, -0.25) is 0 Å². The molecular weight excluding hydrogens is 524 g/mol. The second kappa shape index (κ2) is 18.9. The summed E-state index contributed by atoms with van der Waals surface area (Å²) in [6.45, 7) is 14.3. The minimum absolute atomic E-state index is 0. The first-order valence-corrected chi connectivity index (χ1v) is 14.3. The molecule has 5 nitrogen and oxygen atoms in total. The van der Waals surface area contributed by atoms with E-state index in [1.165, 1.54) is 22.3 Å². The van der Waals surface area contributed by atoms with Gasteiger partial charge in [0.15, 0.2) is 0 Å². The van der Waals surface area contributed by atoms with Crippen molar-refractivity contribution in [3.05, 3.63) is 107 Å². The largest absolute Gasteiger partial charge is 0.496 e. The van der Waals surface area contributed by atoms with Gasteiger partial charge in [0.2, 0.25) is 0 Å². The van der Waals surface area contributed by atoms with Gasteiger partial charge in [-0.2, -0.15) is 9.59 Å². The van der Waals surface area contributed by atoms with E-state index in [4.69, 9.17) is 23.8 Å². The highest BCUT2D eigenvalue weighted by atomic mass is 16.5. The van der Waals surface area contributed by atoms with Crippen LogP contribution in [-0.4, -0.2) is 26.5 Å². The summed E-state index contributed by atoms with van der Waals surface area (Å²) in [4.78, 5) is 16.2. The molecule has 42 heavy (non-hydrogen) atoms. The van der Waals surface area contributed by atoms with Crippen LogP contribution in [-0.2, 0) is 37.0 Å². The molecule has 2 aliphatic carbocycles. The van der Waals surface area contributed by atoms with E-state index in [2.05, 4.69) is 88.6 Å². The van der Waals surface area contributed by atoms with Gasteiger partial charge < -0.3 is 14.2 Å². The van der Waals surface area contributed by atoms with E-state index in [0.717, 1.165) is 39.1 Å². The Hall–Kier alpha value is -3.42. The molecule has 0 aromatic heterocycles. The summed E-state index contributed by atoms with van der Waals surface area (Å²) in [5, 5.41) is 0. The molecule has 0 heterocycles. The molecule has 2 aromatic carbocycles. The van der Waals surface area contributed by atoms with E-state index in [-0.39, 0.29) is 24.4 Å². The van der Waals surface area contributed by atoms with Gasteiger partial charge in [-0.15, -0.1) is 5.73 Å². The van der Waals surface area contributed by atoms with Crippen LogP contribution in [0.15, 0.2) is 95.6 Å². The van der Waals surface area contributed by atoms with Gasteiger partial charge >= 0.3 is 6.15 Å². The maximum atomic E-state index is 8.12. The molecule has 0 saturated heterocycles. The second-order valence-corrected chi connectivity index (χ2v) is 11.5. The number of rotatable bonds is 10. The van der Waals surface area contributed by atoms with Crippen LogP contribution in [0.3, 0.4) is 0 Å². The fourth-order valence-corrected chi connectivity index (χ4v) is 4.93. The predicted molar refractivity (Wildman–Crippen MR) is 168 cm³/mol. The average molecular weight is 575 g/mol. The molecule has 0 radical (unpaired) electrons. The van der Waals surface area contributed by atoms with Crippen molar-refractivity contribution >= 4 is 6.15 Å². The number of benzene rings is 2. The maximum Gasteiger partial charge on any atom is 0.373 e. The van der Waals surface area contributed by atoms with Crippen LogP contribution in [0.1, 0.15) is 72.4 Å². The first-order valence-electron chi connectivity index (χ1n) is 14.3. The zero-order valence-corrected chi connectivity index (χ0v) is 25.6. The monoisotopic (exact) mass is 574 g/mol. The molecule has 2 atom stereocenters. The van der Waals surface area contributed by atoms with Gasteiger partial charge in [0.05, 0.1) is 33.5 Å². The normalized spacial score (nSPS) is 18.7. The molecule has 0 bridgehead atoms. The Morgan fingerprint density at radius 2 is 1.17 bits per heavy atom. The van der Waals surface area contributed by atoms with Gasteiger partial charge in [-0.1, -0.05) is 108 Å². The van der Waals surface area contributed by atoms with Crippen LogP contribution >= 0.6 is 0 Å². The third kappa shape index (κ3) is 11.1. The van der Waals surface area contributed by atoms with Gasteiger partial charge in [-0.05, 0) is 70.3 Å². The topological polar surface area (TPSA) is 61.8 Å². The summed E-state index contributed by atoms with van der Waals surface area (Å²) in [6, 6.07) is 20.7. The molecule has 0 aliphatic heterocycles. The minimum Gasteiger partial charge on any atom is -0.496 e. The Balaban J connectivity index is 0.000000376. The molecule has 0 amide bonds. The van der Waals surface area contributed by atoms with Crippen molar-refractivity contribution in [2.24, 2.45) is 22.7 Å². The molecule has 2 saturated carbocycles. The van der Waals surface area contributed by atoms with Crippen LogP contribution < -0.4 is 0 Å². The molecule has 4 rings (SSSR count). The van der Waals surface area contributed by atoms with E-state index >= 15 is 0 Å². The molecule has 2 aliphatic rings. The minimum atomic E-state index is 0. The van der Waals surface area contributed by atoms with Crippen molar-refractivity contribution in [1.29, 1.82) is 0 Å². The third-order valence-corrected chi connectivity index (χ3v) is 8.19. The molecule has 0 N–H and O–H groups in total. The number of carbonyl (C=O) groups excluding carboxylic acids is 2. The van der Waals surface area contributed by atoms with E-state index < -0.39 is 0 Å². The van der Waals surface area contributed by atoms with Gasteiger partial charge in [0.25, 0.3) is 0 Å². The molecule has 228 valence electrons. The van der Waals surface area contributed by atoms with Crippen molar-refractivity contribution in [3.8, 4) is 0 Å². The first kappa shape index (κ1) is 36.6. The number of allylic oxidation sites excluding steroid dienone is 2.